The molecule has 0 radical (unpaired) electrons. The van der Waals surface area contributed by atoms with Gasteiger partial charge in [0.05, 0.1) is 11.9 Å². The van der Waals surface area contributed by atoms with E-state index in [9.17, 15) is 4.79 Å². The highest BCUT2D eigenvalue weighted by atomic mass is 79.9. The lowest BCUT2D eigenvalue weighted by Gasteiger charge is -2.07. The monoisotopic (exact) mass is 401 g/mol. The minimum atomic E-state index is -0.207. The third-order valence-corrected chi connectivity index (χ3v) is 5.36. The second-order valence-electron chi connectivity index (χ2n) is 4.42. The third kappa shape index (κ3) is 5.05. The zero-order valence-electron chi connectivity index (χ0n) is 12.2. The summed E-state index contributed by atoms with van der Waals surface area (Å²) in [5.74, 6) is 0.0848. The van der Waals surface area contributed by atoms with E-state index in [0.29, 0.717) is 18.7 Å². The van der Waals surface area contributed by atoms with Crippen LogP contribution in [0.4, 0.5) is 5.13 Å². The molecule has 1 aromatic carbocycles. The second-order valence-corrected chi connectivity index (χ2v) is 7.91. The third-order valence-electron chi connectivity index (χ3n) is 2.76. The largest absolute Gasteiger partial charge is 0.383 e. The first-order valence-corrected chi connectivity index (χ1v) is 9.12. The lowest BCUT2D eigenvalue weighted by Crippen LogP contribution is -2.13. The van der Waals surface area contributed by atoms with Gasteiger partial charge < -0.3 is 10.1 Å². The lowest BCUT2D eigenvalue weighted by molar-refractivity contribution is 0.0994. The minimum Gasteiger partial charge on any atom is -0.383 e. The van der Waals surface area contributed by atoms with Crippen LogP contribution in [-0.4, -0.2) is 41.5 Å². The zero-order chi connectivity index (χ0) is 15.9. The average molecular weight is 402 g/mol. The maximum Gasteiger partial charge on any atom is 0.206 e. The Balaban J connectivity index is 1.92. The molecule has 0 aliphatic rings. The standard InChI is InChI=1S/C14H16BrN3O2S2/c1-9(12(19)10-3-5-11(15)6-4-10)21-14-18-17-13(22-14)16-7-8-20-2/h3-6,9H,7-8H2,1-2H3,(H,16,17)/t9-/m1/s1. The van der Waals surface area contributed by atoms with E-state index in [1.165, 1.54) is 23.1 Å². The number of Topliss-reactive ketones (excluding diaryl/α,β-unsaturated/α-hetero) is 1. The number of hydrogen-bond donors (Lipinski definition) is 1. The Hall–Kier alpha value is -0.960. The van der Waals surface area contributed by atoms with E-state index < -0.39 is 0 Å². The fourth-order valence-corrected chi connectivity index (χ4v) is 3.91. The van der Waals surface area contributed by atoms with E-state index in [4.69, 9.17) is 4.74 Å². The number of carbonyl (C=O) groups is 1. The fraction of sp³-hybridized carbons (Fsp3) is 0.357. The molecule has 2 aromatic rings. The molecule has 0 bridgehead atoms. The molecule has 1 heterocycles. The van der Waals surface area contributed by atoms with E-state index >= 15 is 0 Å². The van der Waals surface area contributed by atoms with Crippen LogP contribution in [0.2, 0.25) is 0 Å². The number of ketones is 1. The maximum absolute atomic E-state index is 12.4. The SMILES string of the molecule is COCCNc1nnc(S[C@H](C)C(=O)c2ccc(Br)cc2)s1. The fourth-order valence-electron chi connectivity index (χ4n) is 1.64. The van der Waals surface area contributed by atoms with Gasteiger partial charge in [0, 0.05) is 23.7 Å². The van der Waals surface area contributed by atoms with E-state index in [-0.39, 0.29) is 11.0 Å². The number of nitrogens with one attached hydrogen (secondary N) is 1. The molecule has 1 aromatic heterocycles. The van der Waals surface area contributed by atoms with Gasteiger partial charge >= 0.3 is 0 Å². The Morgan fingerprint density at radius 2 is 2.14 bits per heavy atom. The molecule has 5 nitrogen and oxygen atoms in total. The van der Waals surface area contributed by atoms with Crippen LogP contribution in [0.1, 0.15) is 17.3 Å². The van der Waals surface area contributed by atoms with Gasteiger partial charge in [-0.15, -0.1) is 10.2 Å². The summed E-state index contributed by atoms with van der Waals surface area (Å²) in [5, 5.41) is 11.8. The van der Waals surface area contributed by atoms with Gasteiger partial charge in [0.15, 0.2) is 10.1 Å². The van der Waals surface area contributed by atoms with E-state index in [2.05, 4.69) is 31.4 Å². The molecular weight excluding hydrogens is 386 g/mol. The predicted octanol–water partition coefficient (Wildman–Crippen LogP) is 3.72. The minimum absolute atomic E-state index is 0.0848. The number of thioether (sulfide) groups is 1. The smallest absolute Gasteiger partial charge is 0.206 e. The van der Waals surface area contributed by atoms with E-state index in [1.54, 1.807) is 7.11 Å². The lowest BCUT2D eigenvalue weighted by atomic mass is 10.1. The van der Waals surface area contributed by atoms with Crippen LogP contribution in [-0.2, 0) is 4.74 Å². The van der Waals surface area contributed by atoms with Crippen LogP contribution in [0.25, 0.3) is 0 Å². The number of halogens is 1. The Bertz CT molecular complexity index is 619. The van der Waals surface area contributed by atoms with Gasteiger partial charge in [0.2, 0.25) is 5.13 Å². The van der Waals surface area contributed by atoms with Gasteiger partial charge in [-0.2, -0.15) is 0 Å². The van der Waals surface area contributed by atoms with Crippen molar-refractivity contribution in [2.75, 3.05) is 25.6 Å². The maximum atomic E-state index is 12.4. The summed E-state index contributed by atoms with van der Waals surface area (Å²) in [7, 11) is 1.65. The van der Waals surface area contributed by atoms with Crippen LogP contribution in [0, 0.1) is 0 Å². The highest BCUT2D eigenvalue weighted by Crippen LogP contribution is 2.30. The molecule has 1 N–H and O–H groups in total. The van der Waals surface area contributed by atoms with Gasteiger partial charge in [-0.1, -0.05) is 51.2 Å². The van der Waals surface area contributed by atoms with E-state index in [1.807, 2.05) is 31.2 Å². The molecule has 0 amide bonds. The first kappa shape index (κ1) is 17.4. The molecule has 22 heavy (non-hydrogen) atoms. The van der Waals surface area contributed by atoms with Crippen LogP contribution < -0.4 is 5.32 Å². The molecule has 0 fully saturated rings. The number of ether oxygens (including phenoxy) is 1. The highest BCUT2D eigenvalue weighted by Gasteiger charge is 2.18. The molecule has 0 spiro atoms. The van der Waals surface area contributed by atoms with Crippen molar-refractivity contribution >= 4 is 49.9 Å². The summed E-state index contributed by atoms with van der Waals surface area (Å²) in [6.07, 6.45) is 0. The van der Waals surface area contributed by atoms with Crippen molar-refractivity contribution in [3.05, 3.63) is 34.3 Å². The summed E-state index contributed by atoms with van der Waals surface area (Å²) >= 11 is 6.23. The number of hydrogen-bond acceptors (Lipinski definition) is 7. The molecule has 0 aliphatic carbocycles. The van der Waals surface area contributed by atoms with Gasteiger partial charge in [-0.25, -0.2) is 0 Å². The van der Waals surface area contributed by atoms with Gasteiger partial charge in [-0.05, 0) is 19.1 Å². The first-order valence-electron chi connectivity index (χ1n) is 6.63. The number of benzene rings is 1. The second kappa shape index (κ2) is 8.61. The van der Waals surface area contributed by atoms with Crippen molar-refractivity contribution in [1.29, 1.82) is 0 Å². The van der Waals surface area contributed by atoms with Crippen molar-refractivity contribution < 1.29 is 9.53 Å². The summed E-state index contributed by atoms with van der Waals surface area (Å²) in [6.45, 7) is 3.18. The Kier molecular flexibility index (Phi) is 6.81. The molecule has 0 unspecified atom stereocenters. The highest BCUT2D eigenvalue weighted by molar-refractivity contribution is 9.10. The molecule has 118 valence electrons. The van der Waals surface area contributed by atoms with Crippen molar-refractivity contribution in [2.24, 2.45) is 0 Å². The topological polar surface area (TPSA) is 64.1 Å². The Morgan fingerprint density at radius 3 is 2.82 bits per heavy atom. The number of carbonyl (C=O) groups excluding carboxylic acids is 1. The van der Waals surface area contributed by atoms with Crippen molar-refractivity contribution in [3.63, 3.8) is 0 Å². The molecule has 2 rings (SSSR count). The van der Waals surface area contributed by atoms with Crippen molar-refractivity contribution in [1.82, 2.24) is 10.2 Å². The van der Waals surface area contributed by atoms with Crippen LogP contribution in [0.5, 0.6) is 0 Å². The van der Waals surface area contributed by atoms with Crippen molar-refractivity contribution in [2.45, 2.75) is 16.5 Å². The van der Waals surface area contributed by atoms with Crippen LogP contribution >= 0.6 is 39.0 Å². The van der Waals surface area contributed by atoms with Crippen LogP contribution in [0.15, 0.2) is 33.1 Å². The normalized spacial score (nSPS) is 12.1. The van der Waals surface area contributed by atoms with E-state index in [0.717, 1.165) is 13.9 Å². The van der Waals surface area contributed by atoms with Crippen molar-refractivity contribution in [3.8, 4) is 0 Å². The zero-order valence-corrected chi connectivity index (χ0v) is 15.4. The quantitative estimate of drug-likeness (QED) is 0.413. The number of methoxy groups -OCH3 is 1. The molecule has 0 aliphatic heterocycles. The molecular formula is C14H16BrN3O2S2. The first-order chi connectivity index (χ1) is 10.6. The number of anilines is 1. The predicted molar refractivity (Wildman–Crippen MR) is 94.1 cm³/mol. The van der Waals surface area contributed by atoms with Gasteiger partial charge in [0.25, 0.3) is 0 Å². The number of aromatic nitrogens is 2. The summed E-state index contributed by atoms with van der Waals surface area (Å²) in [5.41, 5.74) is 0.700. The van der Waals surface area contributed by atoms with Gasteiger partial charge in [0.1, 0.15) is 0 Å². The Labute approximate surface area is 146 Å². The number of nitrogens with zero attached hydrogens (tertiary/aromatic N) is 2. The van der Waals surface area contributed by atoms with Gasteiger partial charge in [-0.3, -0.25) is 4.79 Å². The molecule has 0 saturated carbocycles. The number of rotatable bonds is 8. The molecule has 0 saturated heterocycles. The molecule has 8 heteroatoms. The molecule has 1 atom stereocenters. The summed E-state index contributed by atoms with van der Waals surface area (Å²) in [4.78, 5) is 12.4. The Morgan fingerprint density at radius 1 is 1.41 bits per heavy atom. The summed E-state index contributed by atoms with van der Waals surface area (Å²) in [6, 6.07) is 7.38. The summed E-state index contributed by atoms with van der Waals surface area (Å²) < 4.78 is 6.70. The average Bonchev–Trinajstić information content (AvgIpc) is 2.95. The van der Waals surface area contributed by atoms with Crippen LogP contribution in [0.3, 0.4) is 0 Å².